The van der Waals surface area contributed by atoms with Crippen molar-refractivity contribution in [2.75, 3.05) is 13.4 Å². The van der Waals surface area contributed by atoms with Gasteiger partial charge in [-0.05, 0) is 71.1 Å². The van der Waals surface area contributed by atoms with Crippen LogP contribution in [0.25, 0.3) is 0 Å². The maximum atomic E-state index is 5.77. The molecule has 0 amide bonds. The molecule has 2 heterocycles. The lowest BCUT2D eigenvalue weighted by molar-refractivity contribution is 0.147. The number of hydrogen-bond donors (Lipinski definition) is 0. The van der Waals surface area contributed by atoms with E-state index in [1.54, 1.807) is 0 Å². The molecule has 2 aliphatic heterocycles. The third-order valence-corrected chi connectivity index (χ3v) is 5.25. The van der Waals surface area contributed by atoms with Gasteiger partial charge in [0.25, 0.3) is 0 Å². The van der Waals surface area contributed by atoms with Crippen LogP contribution in [-0.4, -0.2) is 25.1 Å². The fourth-order valence-electron chi connectivity index (χ4n) is 3.26. The van der Waals surface area contributed by atoms with E-state index in [2.05, 4.69) is 39.8 Å². The van der Waals surface area contributed by atoms with Gasteiger partial charge >= 0.3 is 0 Å². The van der Waals surface area contributed by atoms with Crippen LogP contribution >= 0.6 is 0 Å². The van der Waals surface area contributed by atoms with Gasteiger partial charge in [-0.3, -0.25) is 0 Å². The summed E-state index contributed by atoms with van der Waals surface area (Å²) in [7, 11) is 0. The first-order valence-corrected chi connectivity index (χ1v) is 9.89. The van der Waals surface area contributed by atoms with Crippen LogP contribution < -0.4 is 9.47 Å². The summed E-state index contributed by atoms with van der Waals surface area (Å²) >= 11 is 0. The average Bonchev–Trinajstić information content (AvgIpc) is 3.03. The summed E-state index contributed by atoms with van der Waals surface area (Å²) in [5.74, 6) is 1.62. The van der Waals surface area contributed by atoms with Crippen molar-refractivity contribution in [3.05, 3.63) is 47.1 Å². The van der Waals surface area contributed by atoms with Gasteiger partial charge in [0, 0.05) is 0 Å². The van der Waals surface area contributed by atoms with Crippen molar-refractivity contribution >= 4 is 0 Å². The summed E-state index contributed by atoms with van der Waals surface area (Å²) in [6.07, 6.45) is 9.43. The molecule has 3 rings (SSSR count). The average molecular weight is 373 g/mol. The monoisotopic (exact) mass is 372 g/mol. The zero-order chi connectivity index (χ0) is 19.3. The Hall–Kier alpha value is -1.78. The van der Waals surface area contributed by atoms with Gasteiger partial charge in [-0.25, -0.2) is 0 Å². The summed E-state index contributed by atoms with van der Waals surface area (Å²) in [5.41, 5.74) is 4.05. The van der Waals surface area contributed by atoms with Gasteiger partial charge < -0.3 is 18.9 Å². The van der Waals surface area contributed by atoms with Crippen LogP contribution in [0.5, 0.6) is 11.5 Å². The molecule has 2 aliphatic rings. The Morgan fingerprint density at radius 2 is 1.85 bits per heavy atom. The first-order valence-electron chi connectivity index (χ1n) is 9.89. The standard InChI is InChI=1S/C23H32O4/c1-17(8-11-22-23(3,4)27-22)6-5-7-18(2)12-13-24-15-19-9-10-20-21(14-19)26-16-25-20/h6,9-10,12,14,22H,5,7-8,11,13,15-16H2,1-4H3/b17-6+,18-12+. The summed E-state index contributed by atoms with van der Waals surface area (Å²) < 4.78 is 22.1. The number of rotatable bonds is 10. The molecule has 0 aliphatic carbocycles. The lowest BCUT2D eigenvalue weighted by Gasteiger charge is -2.05. The van der Waals surface area contributed by atoms with Crippen LogP contribution in [-0.2, 0) is 16.1 Å². The van der Waals surface area contributed by atoms with Crippen molar-refractivity contribution in [2.45, 2.75) is 71.7 Å². The Labute approximate surface area is 163 Å². The molecule has 4 heteroatoms. The van der Waals surface area contributed by atoms with Crippen molar-refractivity contribution in [2.24, 2.45) is 0 Å². The van der Waals surface area contributed by atoms with E-state index in [4.69, 9.17) is 18.9 Å². The second kappa shape index (κ2) is 8.94. The highest BCUT2D eigenvalue weighted by molar-refractivity contribution is 5.44. The van der Waals surface area contributed by atoms with Crippen LogP contribution in [0.15, 0.2) is 41.5 Å². The molecule has 0 radical (unpaired) electrons. The molecular formula is C23H32O4. The van der Waals surface area contributed by atoms with Crippen LogP contribution in [0, 0.1) is 0 Å². The Bertz CT molecular complexity index is 702. The first-order chi connectivity index (χ1) is 12.9. The second-order valence-electron chi connectivity index (χ2n) is 8.09. The van der Waals surface area contributed by atoms with Crippen molar-refractivity contribution in [3.63, 3.8) is 0 Å². The molecule has 1 unspecified atom stereocenters. The van der Waals surface area contributed by atoms with E-state index in [-0.39, 0.29) is 5.60 Å². The SMILES string of the molecule is C/C(=C\COCc1ccc2c(c1)OCO2)CC/C=C(\C)CCC1OC1(C)C. The van der Waals surface area contributed by atoms with Gasteiger partial charge in [0.15, 0.2) is 11.5 Å². The Morgan fingerprint density at radius 3 is 2.63 bits per heavy atom. The van der Waals surface area contributed by atoms with Gasteiger partial charge in [-0.2, -0.15) is 0 Å². The maximum absolute atomic E-state index is 5.77. The summed E-state index contributed by atoms with van der Waals surface area (Å²) in [5, 5.41) is 0. The van der Waals surface area contributed by atoms with Crippen LogP contribution in [0.4, 0.5) is 0 Å². The number of hydrogen-bond acceptors (Lipinski definition) is 4. The number of fused-ring (bicyclic) bond motifs is 1. The van der Waals surface area contributed by atoms with Crippen molar-refractivity contribution < 1.29 is 18.9 Å². The van der Waals surface area contributed by atoms with Crippen LogP contribution in [0.3, 0.4) is 0 Å². The molecule has 1 saturated heterocycles. The highest BCUT2D eigenvalue weighted by atomic mass is 16.7. The van der Waals surface area contributed by atoms with E-state index >= 15 is 0 Å². The van der Waals surface area contributed by atoms with Crippen LogP contribution in [0.2, 0.25) is 0 Å². The van der Waals surface area contributed by atoms with Gasteiger partial charge in [0.2, 0.25) is 6.79 Å². The highest BCUT2D eigenvalue weighted by Crippen LogP contribution is 2.39. The zero-order valence-electron chi connectivity index (χ0n) is 17.0. The molecule has 27 heavy (non-hydrogen) atoms. The quantitative estimate of drug-likeness (QED) is 0.306. The predicted molar refractivity (Wildman–Crippen MR) is 107 cm³/mol. The van der Waals surface area contributed by atoms with Gasteiger partial charge in [-0.15, -0.1) is 0 Å². The maximum Gasteiger partial charge on any atom is 0.231 e. The second-order valence-corrected chi connectivity index (χ2v) is 8.09. The van der Waals surface area contributed by atoms with Gasteiger partial charge in [0.05, 0.1) is 24.9 Å². The fraction of sp³-hybridized carbons (Fsp3) is 0.565. The van der Waals surface area contributed by atoms with E-state index in [0.717, 1.165) is 42.7 Å². The molecule has 1 fully saturated rings. The normalized spacial score (nSPS) is 20.8. The summed E-state index contributed by atoms with van der Waals surface area (Å²) in [6, 6.07) is 5.94. The minimum Gasteiger partial charge on any atom is -0.454 e. The molecule has 1 aromatic carbocycles. The molecule has 0 bridgehead atoms. The van der Waals surface area contributed by atoms with E-state index in [0.29, 0.717) is 26.1 Å². The number of allylic oxidation sites excluding steroid dienone is 3. The molecule has 0 saturated carbocycles. The molecule has 148 valence electrons. The smallest absolute Gasteiger partial charge is 0.231 e. The van der Waals surface area contributed by atoms with Crippen LogP contribution in [0.1, 0.15) is 58.9 Å². The number of ether oxygens (including phenoxy) is 4. The highest BCUT2D eigenvalue weighted by Gasteiger charge is 2.46. The minimum absolute atomic E-state index is 0.111. The summed E-state index contributed by atoms with van der Waals surface area (Å²) in [4.78, 5) is 0. The van der Waals surface area contributed by atoms with Crippen molar-refractivity contribution in [1.29, 1.82) is 0 Å². The largest absolute Gasteiger partial charge is 0.454 e. The lowest BCUT2D eigenvalue weighted by atomic mass is 10.0. The number of epoxide rings is 1. The molecular weight excluding hydrogens is 340 g/mol. The molecule has 0 aromatic heterocycles. The topological polar surface area (TPSA) is 40.2 Å². The first kappa shape index (κ1) is 20.0. The fourth-order valence-corrected chi connectivity index (χ4v) is 3.26. The lowest BCUT2D eigenvalue weighted by Crippen LogP contribution is -2.02. The van der Waals surface area contributed by atoms with Crippen molar-refractivity contribution in [3.8, 4) is 11.5 Å². The Balaban J connectivity index is 1.29. The number of benzene rings is 1. The molecule has 0 spiro atoms. The molecule has 1 aromatic rings. The Morgan fingerprint density at radius 1 is 1.11 bits per heavy atom. The minimum atomic E-state index is 0.111. The van der Waals surface area contributed by atoms with E-state index in [1.165, 1.54) is 11.1 Å². The van der Waals surface area contributed by atoms with Crippen molar-refractivity contribution in [1.82, 2.24) is 0 Å². The van der Waals surface area contributed by atoms with Gasteiger partial charge in [0.1, 0.15) is 0 Å². The third-order valence-electron chi connectivity index (χ3n) is 5.25. The molecule has 1 atom stereocenters. The third kappa shape index (κ3) is 6.12. The van der Waals surface area contributed by atoms with Gasteiger partial charge in [-0.1, -0.05) is 29.4 Å². The molecule has 0 N–H and O–H groups in total. The zero-order valence-corrected chi connectivity index (χ0v) is 17.0. The van der Waals surface area contributed by atoms with E-state index < -0.39 is 0 Å². The summed E-state index contributed by atoms with van der Waals surface area (Å²) in [6.45, 7) is 10.3. The van der Waals surface area contributed by atoms with E-state index in [1.807, 2.05) is 18.2 Å². The van der Waals surface area contributed by atoms with E-state index in [9.17, 15) is 0 Å². The molecule has 4 nitrogen and oxygen atoms in total. The predicted octanol–water partition coefficient (Wildman–Crippen LogP) is 5.56. The Kier molecular flexibility index (Phi) is 6.61.